The molecule has 1 N–H and O–H groups in total. The van der Waals surface area contributed by atoms with Gasteiger partial charge in [-0.15, -0.1) is 12.4 Å². The summed E-state index contributed by atoms with van der Waals surface area (Å²) in [5.74, 6) is 0. The van der Waals surface area contributed by atoms with Crippen molar-refractivity contribution in [2.45, 2.75) is 31.7 Å². The van der Waals surface area contributed by atoms with Crippen LogP contribution < -0.4 is 5.32 Å². The van der Waals surface area contributed by atoms with Gasteiger partial charge in [0.2, 0.25) is 10.0 Å². The number of benzene rings is 1. The number of nitrogens with zero attached hydrogens (tertiary/aromatic N) is 2. The van der Waals surface area contributed by atoms with Gasteiger partial charge in [-0.1, -0.05) is 0 Å². The van der Waals surface area contributed by atoms with E-state index in [0.29, 0.717) is 25.2 Å². The minimum Gasteiger partial charge on any atom is -0.314 e. The van der Waals surface area contributed by atoms with Gasteiger partial charge >= 0.3 is 0 Å². The highest BCUT2D eigenvalue weighted by molar-refractivity contribution is 7.89. The Kier molecular flexibility index (Phi) is 5.91. The van der Waals surface area contributed by atoms with Crippen molar-refractivity contribution < 1.29 is 13.3 Å². The first-order valence-corrected chi connectivity index (χ1v) is 8.17. The van der Waals surface area contributed by atoms with Crippen LogP contribution in [0.2, 0.25) is 0 Å². The second kappa shape index (κ2) is 6.91. The van der Waals surface area contributed by atoms with Crippen molar-refractivity contribution >= 4 is 28.1 Å². The van der Waals surface area contributed by atoms with Crippen molar-refractivity contribution in [2.75, 3.05) is 19.6 Å². The molecule has 7 nitrogen and oxygen atoms in total. The Hall–Kier alpha value is -1.22. The lowest BCUT2D eigenvalue weighted by Gasteiger charge is -2.32. The summed E-state index contributed by atoms with van der Waals surface area (Å²) in [5.41, 5.74) is 1.07. The first kappa shape index (κ1) is 18.8. The molecule has 1 fully saturated rings. The smallest absolute Gasteiger partial charge is 0.289 e. The maximum absolute atomic E-state index is 12.8. The van der Waals surface area contributed by atoms with E-state index < -0.39 is 14.9 Å². The lowest BCUT2D eigenvalue weighted by molar-refractivity contribution is -0.387. The fourth-order valence-electron chi connectivity index (χ4n) is 2.43. The van der Waals surface area contributed by atoms with Crippen LogP contribution in [0, 0.1) is 24.0 Å². The van der Waals surface area contributed by atoms with Crippen molar-refractivity contribution in [1.29, 1.82) is 0 Å². The van der Waals surface area contributed by atoms with Gasteiger partial charge in [0.25, 0.3) is 5.69 Å². The van der Waals surface area contributed by atoms with Crippen molar-refractivity contribution in [3.8, 4) is 0 Å². The highest BCUT2D eigenvalue weighted by Crippen LogP contribution is 2.30. The topological polar surface area (TPSA) is 92.5 Å². The fraction of sp³-hybridized carbons (Fsp3) is 0.538. The maximum atomic E-state index is 12.8. The largest absolute Gasteiger partial charge is 0.314 e. The number of halogens is 1. The monoisotopic (exact) mass is 349 g/mol. The molecule has 1 aromatic carbocycles. The summed E-state index contributed by atoms with van der Waals surface area (Å²) in [7, 11) is -3.87. The number of nitrogens with one attached hydrogen (secondary N) is 1. The Morgan fingerprint density at radius 1 is 1.32 bits per heavy atom. The van der Waals surface area contributed by atoms with Gasteiger partial charge in [0, 0.05) is 31.7 Å². The van der Waals surface area contributed by atoms with E-state index in [4.69, 9.17) is 0 Å². The van der Waals surface area contributed by atoms with Crippen LogP contribution in [0.15, 0.2) is 17.0 Å². The van der Waals surface area contributed by atoms with Crippen molar-refractivity contribution in [1.82, 2.24) is 9.62 Å². The van der Waals surface area contributed by atoms with Crippen LogP contribution in [0.1, 0.15) is 18.1 Å². The van der Waals surface area contributed by atoms with Gasteiger partial charge in [-0.2, -0.15) is 4.31 Å². The molecule has 1 atom stereocenters. The fourth-order valence-corrected chi connectivity index (χ4v) is 4.29. The molecule has 1 aliphatic heterocycles. The molecule has 0 spiro atoms. The van der Waals surface area contributed by atoms with Crippen molar-refractivity contribution in [2.24, 2.45) is 0 Å². The van der Waals surface area contributed by atoms with Crippen LogP contribution >= 0.6 is 12.4 Å². The first-order valence-electron chi connectivity index (χ1n) is 6.73. The second-order valence-electron chi connectivity index (χ2n) is 5.33. The summed E-state index contributed by atoms with van der Waals surface area (Å²) >= 11 is 0. The predicted octanol–water partition coefficient (Wildman–Crippen LogP) is 1.62. The molecule has 1 heterocycles. The van der Waals surface area contributed by atoms with E-state index in [-0.39, 0.29) is 29.0 Å². The molecule has 1 aromatic rings. The number of hydrogen-bond acceptors (Lipinski definition) is 5. The van der Waals surface area contributed by atoms with Gasteiger partial charge in [-0.25, -0.2) is 8.42 Å². The Bertz CT molecular complexity index is 678. The molecule has 0 aliphatic carbocycles. The molecule has 2 rings (SSSR count). The summed E-state index contributed by atoms with van der Waals surface area (Å²) in [4.78, 5) is 10.4. The zero-order chi connectivity index (χ0) is 15.8. The summed E-state index contributed by atoms with van der Waals surface area (Å²) in [6.45, 7) is 6.66. The zero-order valence-electron chi connectivity index (χ0n) is 12.7. The number of piperazine rings is 1. The van der Waals surface area contributed by atoms with E-state index in [1.54, 1.807) is 20.8 Å². The highest BCUT2D eigenvalue weighted by atomic mass is 35.5. The minimum atomic E-state index is -3.87. The third-order valence-electron chi connectivity index (χ3n) is 3.80. The third-order valence-corrected chi connectivity index (χ3v) is 5.84. The number of nitro benzene ring substituents is 1. The summed E-state index contributed by atoms with van der Waals surface area (Å²) in [5, 5.41) is 14.3. The average Bonchev–Trinajstić information content (AvgIpc) is 2.41. The van der Waals surface area contributed by atoms with E-state index in [9.17, 15) is 18.5 Å². The molecule has 0 saturated carbocycles. The molecule has 0 unspecified atom stereocenters. The van der Waals surface area contributed by atoms with E-state index >= 15 is 0 Å². The van der Waals surface area contributed by atoms with Crippen LogP contribution in [0.25, 0.3) is 0 Å². The van der Waals surface area contributed by atoms with Crippen LogP contribution in [0.5, 0.6) is 0 Å². The maximum Gasteiger partial charge on any atom is 0.289 e. The molecule has 1 aliphatic rings. The minimum absolute atomic E-state index is 0. The van der Waals surface area contributed by atoms with Gasteiger partial charge in [0.05, 0.1) is 4.92 Å². The molecule has 124 valence electrons. The zero-order valence-corrected chi connectivity index (χ0v) is 14.3. The Balaban J connectivity index is 0.00000242. The van der Waals surface area contributed by atoms with E-state index in [1.165, 1.54) is 16.4 Å². The van der Waals surface area contributed by atoms with E-state index in [1.807, 2.05) is 0 Å². The molecule has 0 amide bonds. The molecule has 9 heteroatoms. The number of aryl methyl sites for hydroxylation is 2. The second-order valence-corrected chi connectivity index (χ2v) is 7.19. The number of rotatable bonds is 3. The first-order chi connectivity index (χ1) is 9.75. The lowest BCUT2D eigenvalue weighted by Crippen LogP contribution is -2.52. The predicted molar refractivity (Wildman–Crippen MR) is 86.0 cm³/mol. The van der Waals surface area contributed by atoms with Crippen molar-refractivity contribution in [3.63, 3.8) is 0 Å². The van der Waals surface area contributed by atoms with E-state index in [2.05, 4.69) is 5.32 Å². The molecule has 0 bridgehead atoms. The highest BCUT2D eigenvalue weighted by Gasteiger charge is 2.36. The molecular formula is C13H20ClN3O4S. The van der Waals surface area contributed by atoms with Crippen molar-refractivity contribution in [3.05, 3.63) is 33.4 Å². The van der Waals surface area contributed by atoms with Gasteiger partial charge < -0.3 is 5.32 Å². The van der Waals surface area contributed by atoms with Crippen LogP contribution in [0.3, 0.4) is 0 Å². The summed E-state index contributed by atoms with van der Waals surface area (Å²) < 4.78 is 26.9. The molecular weight excluding hydrogens is 330 g/mol. The summed E-state index contributed by atoms with van der Waals surface area (Å²) in [6, 6.07) is 2.50. The quantitative estimate of drug-likeness (QED) is 0.661. The normalized spacial score (nSPS) is 19.5. The SMILES string of the molecule is Cc1cc([N+](=O)[O-])c(S(=O)(=O)N2CCNC[C@H]2C)cc1C.Cl. The Morgan fingerprint density at radius 2 is 1.91 bits per heavy atom. The molecule has 1 saturated heterocycles. The van der Waals surface area contributed by atoms with Crippen LogP contribution in [-0.4, -0.2) is 43.3 Å². The number of hydrogen-bond donors (Lipinski definition) is 1. The van der Waals surface area contributed by atoms with Gasteiger partial charge in [-0.3, -0.25) is 10.1 Å². The van der Waals surface area contributed by atoms with E-state index in [0.717, 1.165) is 5.56 Å². The molecule has 22 heavy (non-hydrogen) atoms. The summed E-state index contributed by atoms with van der Waals surface area (Å²) in [6.07, 6.45) is 0. The Morgan fingerprint density at radius 3 is 2.45 bits per heavy atom. The standard InChI is InChI=1S/C13H19N3O4S.ClH/c1-9-6-12(16(17)18)13(7-10(9)2)21(19,20)15-5-4-14-8-11(15)3;/h6-7,11,14H,4-5,8H2,1-3H3;1H/t11-;/m1./s1. The van der Waals surface area contributed by atoms with Gasteiger partial charge in [0.1, 0.15) is 0 Å². The third kappa shape index (κ3) is 3.40. The van der Waals surface area contributed by atoms with Crippen LogP contribution in [-0.2, 0) is 10.0 Å². The molecule has 0 radical (unpaired) electrons. The lowest BCUT2D eigenvalue weighted by atomic mass is 10.1. The Labute approximate surface area is 136 Å². The van der Waals surface area contributed by atoms with Gasteiger partial charge in [-0.05, 0) is 38.0 Å². The van der Waals surface area contributed by atoms with Gasteiger partial charge in [0.15, 0.2) is 4.90 Å². The number of nitro groups is 1. The molecule has 0 aromatic heterocycles. The number of sulfonamides is 1. The average molecular weight is 350 g/mol. The van der Waals surface area contributed by atoms with Crippen LogP contribution in [0.4, 0.5) is 5.69 Å².